The van der Waals surface area contributed by atoms with E-state index in [0.717, 1.165) is 22.8 Å². The van der Waals surface area contributed by atoms with Crippen molar-refractivity contribution in [2.75, 3.05) is 0 Å². The Kier molecular flexibility index (Phi) is 5.68. The molecule has 0 aliphatic heterocycles. The molecule has 3 aromatic carbocycles. The molecule has 0 saturated heterocycles. The highest BCUT2D eigenvalue weighted by Crippen LogP contribution is 2.34. The predicted molar refractivity (Wildman–Crippen MR) is 116 cm³/mol. The van der Waals surface area contributed by atoms with Crippen LogP contribution in [0.25, 0.3) is 11.0 Å². The summed E-state index contributed by atoms with van der Waals surface area (Å²) in [6.07, 6.45) is 0. The van der Waals surface area contributed by atoms with Crippen LogP contribution in [0.2, 0.25) is 0 Å². The molecule has 0 bridgehead atoms. The fourth-order valence-corrected chi connectivity index (χ4v) is 4.01. The number of imidazole rings is 1. The molecule has 1 atom stereocenters. The second kappa shape index (κ2) is 8.57. The number of carbonyl (C=O) groups excluding carboxylic acids is 1. The van der Waals surface area contributed by atoms with Gasteiger partial charge in [0.25, 0.3) is 11.6 Å². The van der Waals surface area contributed by atoms with Crippen LogP contribution in [-0.4, -0.2) is 20.8 Å². The Morgan fingerprint density at radius 3 is 2.61 bits per heavy atom. The molecule has 4 aromatic rings. The molecule has 1 aromatic heterocycles. The van der Waals surface area contributed by atoms with E-state index < -0.39 is 22.7 Å². The topological polar surface area (TPSA) is 101 Å². The first-order valence-corrected chi connectivity index (χ1v) is 10.2. The van der Waals surface area contributed by atoms with Crippen LogP contribution in [0.15, 0.2) is 76.5 Å². The van der Waals surface area contributed by atoms with Gasteiger partial charge in [-0.2, -0.15) is 0 Å². The van der Waals surface area contributed by atoms with Crippen molar-refractivity contribution in [3.8, 4) is 0 Å². The van der Waals surface area contributed by atoms with Crippen LogP contribution in [0.3, 0.4) is 0 Å². The Morgan fingerprint density at radius 2 is 1.87 bits per heavy atom. The first kappa shape index (κ1) is 20.5. The molecule has 0 aliphatic carbocycles. The molecule has 0 aliphatic rings. The summed E-state index contributed by atoms with van der Waals surface area (Å²) < 4.78 is 14.1. The van der Waals surface area contributed by atoms with Crippen LogP contribution in [0, 0.1) is 15.9 Å². The van der Waals surface area contributed by atoms with Crippen LogP contribution in [0.4, 0.5) is 10.1 Å². The maximum atomic E-state index is 14.1. The van der Waals surface area contributed by atoms with Gasteiger partial charge in [0.05, 0.1) is 27.6 Å². The average molecular weight is 436 g/mol. The molecule has 9 heteroatoms. The van der Waals surface area contributed by atoms with Crippen molar-refractivity contribution in [3.63, 3.8) is 0 Å². The number of halogens is 1. The molecule has 156 valence electrons. The molecular weight excluding hydrogens is 419 g/mol. The lowest BCUT2D eigenvalue weighted by Crippen LogP contribution is -2.27. The summed E-state index contributed by atoms with van der Waals surface area (Å²) in [5.74, 6) is -0.397. The summed E-state index contributed by atoms with van der Waals surface area (Å²) in [6, 6.07) is 17.1. The van der Waals surface area contributed by atoms with Crippen LogP contribution in [0.5, 0.6) is 0 Å². The van der Waals surface area contributed by atoms with E-state index in [9.17, 15) is 19.3 Å². The summed E-state index contributed by atoms with van der Waals surface area (Å²) in [6.45, 7) is 1.76. The second-order valence-electron chi connectivity index (χ2n) is 6.80. The van der Waals surface area contributed by atoms with Gasteiger partial charge in [0.1, 0.15) is 11.6 Å². The summed E-state index contributed by atoms with van der Waals surface area (Å²) in [4.78, 5) is 32.0. The Bertz CT molecular complexity index is 1260. The third kappa shape index (κ3) is 4.41. The zero-order valence-corrected chi connectivity index (χ0v) is 17.2. The summed E-state index contributed by atoms with van der Waals surface area (Å²) >= 11 is 1.03. The number of rotatable bonds is 6. The lowest BCUT2D eigenvalue weighted by molar-refractivity contribution is -0.384. The number of para-hydroxylation sites is 2. The number of aromatic nitrogens is 2. The Balaban J connectivity index is 1.64. The molecule has 0 fully saturated rings. The van der Waals surface area contributed by atoms with E-state index in [1.807, 2.05) is 24.3 Å². The smallest absolute Gasteiger partial charge is 0.270 e. The van der Waals surface area contributed by atoms with Crippen LogP contribution >= 0.6 is 11.8 Å². The van der Waals surface area contributed by atoms with Gasteiger partial charge in [-0.05, 0) is 37.3 Å². The van der Waals surface area contributed by atoms with Gasteiger partial charge in [-0.3, -0.25) is 14.9 Å². The van der Waals surface area contributed by atoms with Crippen molar-refractivity contribution in [1.82, 2.24) is 15.3 Å². The predicted octanol–water partition coefficient (Wildman–Crippen LogP) is 5.25. The number of nitrogens with zero attached hydrogens (tertiary/aromatic N) is 2. The van der Waals surface area contributed by atoms with Gasteiger partial charge in [-0.1, -0.05) is 36.0 Å². The highest BCUT2D eigenvalue weighted by molar-refractivity contribution is 7.99. The van der Waals surface area contributed by atoms with Gasteiger partial charge in [0.15, 0.2) is 0 Å². The van der Waals surface area contributed by atoms with Gasteiger partial charge in [0.2, 0.25) is 0 Å². The number of benzene rings is 3. The molecule has 2 N–H and O–H groups in total. The molecule has 4 rings (SSSR count). The lowest BCUT2D eigenvalue weighted by atomic mass is 10.1. The van der Waals surface area contributed by atoms with Crippen LogP contribution < -0.4 is 5.32 Å². The zero-order valence-electron chi connectivity index (χ0n) is 16.3. The molecule has 31 heavy (non-hydrogen) atoms. The van der Waals surface area contributed by atoms with Gasteiger partial charge in [0, 0.05) is 21.9 Å². The number of nitrogens with one attached hydrogen (secondary N) is 2. The number of H-pyrrole nitrogens is 1. The fraction of sp³-hybridized carbons (Fsp3) is 0.0909. The minimum absolute atomic E-state index is 0.0883. The van der Waals surface area contributed by atoms with Gasteiger partial charge in [-0.25, -0.2) is 9.37 Å². The van der Waals surface area contributed by atoms with Crippen molar-refractivity contribution >= 4 is 34.4 Å². The normalized spacial score (nSPS) is 11.9. The molecule has 7 nitrogen and oxygen atoms in total. The fourth-order valence-electron chi connectivity index (χ4n) is 3.06. The van der Waals surface area contributed by atoms with Crippen molar-refractivity contribution in [2.24, 2.45) is 0 Å². The standard InChI is InChI=1S/C22H17FN4O3S/c1-13(21-25-17-7-3-4-8-18(17)26-21)24-22(28)15-12-14(27(29)30)10-11-19(15)31-20-9-5-2-6-16(20)23/h2-13H,1H3,(H,24,28)(H,25,26). The maximum absolute atomic E-state index is 14.1. The summed E-state index contributed by atoms with van der Waals surface area (Å²) in [7, 11) is 0. The quantitative estimate of drug-likeness (QED) is 0.317. The van der Waals surface area contributed by atoms with E-state index in [1.54, 1.807) is 25.1 Å². The summed E-state index contributed by atoms with van der Waals surface area (Å²) in [5, 5.41) is 14.1. The average Bonchev–Trinajstić information content (AvgIpc) is 3.20. The van der Waals surface area contributed by atoms with Gasteiger partial charge in [-0.15, -0.1) is 0 Å². The largest absolute Gasteiger partial charge is 0.342 e. The van der Waals surface area contributed by atoms with Crippen molar-refractivity contribution in [2.45, 2.75) is 22.8 Å². The van der Waals surface area contributed by atoms with E-state index >= 15 is 0 Å². The minimum Gasteiger partial charge on any atom is -0.342 e. The molecule has 1 unspecified atom stereocenters. The van der Waals surface area contributed by atoms with Gasteiger partial charge < -0.3 is 10.3 Å². The molecule has 0 spiro atoms. The van der Waals surface area contributed by atoms with E-state index in [1.165, 1.54) is 24.3 Å². The van der Waals surface area contributed by atoms with E-state index in [0.29, 0.717) is 15.6 Å². The van der Waals surface area contributed by atoms with E-state index in [-0.39, 0.29) is 11.3 Å². The van der Waals surface area contributed by atoms with Gasteiger partial charge >= 0.3 is 0 Å². The number of amides is 1. The highest BCUT2D eigenvalue weighted by Gasteiger charge is 2.21. The minimum atomic E-state index is -0.572. The number of nitro benzene ring substituents is 1. The highest BCUT2D eigenvalue weighted by atomic mass is 32.2. The Hall–Kier alpha value is -3.72. The SMILES string of the molecule is CC(NC(=O)c1cc([N+](=O)[O-])ccc1Sc1ccccc1F)c1nc2ccccc2[nH]1. The molecule has 0 radical (unpaired) electrons. The molecule has 0 saturated carbocycles. The number of fused-ring (bicyclic) bond motifs is 1. The third-order valence-corrected chi connectivity index (χ3v) is 5.77. The van der Waals surface area contributed by atoms with Crippen LogP contribution in [-0.2, 0) is 0 Å². The second-order valence-corrected chi connectivity index (χ2v) is 7.89. The molecule has 1 heterocycles. The Morgan fingerprint density at radius 1 is 1.13 bits per heavy atom. The van der Waals surface area contributed by atoms with E-state index in [2.05, 4.69) is 15.3 Å². The summed E-state index contributed by atoms with van der Waals surface area (Å²) in [5.41, 5.74) is 1.47. The van der Waals surface area contributed by atoms with Crippen molar-refractivity contribution in [3.05, 3.63) is 94.0 Å². The first-order valence-electron chi connectivity index (χ1n) is 9.38. The number of aromatic amines is 1. The van der Waals surface area contributed by atoms with E-state index in [4.69, 9.17) is 0 Å². The third-order valence-electron chi connectivity index (χ3n) is 4.64. The van der Waals surface area contributed by atoms with Crippen LogP contribution in [0.1, 0.15) is 29.1 Å². The maximum Gasteiger partial charge on any atom is 0.270 e. The van der Waals surface area contributed by atoms with Crippen molar-refractivity contribution in [1.29, 1.82) is 0 Å². The monoisotopic (exact) mass is 436 g/mol. The Labute approximate surface area is 180 Å². The molecule has 1 amide bonds. The number of hydrogen-bond acceptors (Lipinski definition) is 5. The number of carbonyl (C=O) groups is 1. The number of non-ortho nitro benzene ring substituents is 1. The van der Waals surface area contributed by atoms with Crippen molar-refractivity contribution < 1.29 is 14.1 Å². The number of hydrogen-bond donors (Lipinski definition) is 2. The molecular formula is C22H17FN4O3S. The zero-order chi connectivity index (χ0) is 22.0. The number of nitro groups is 1. The lowest BCUT2D eigenvalue weighted by Gasteiger charge is -2.14. The first-order chi connectivity index (χ1) is 14.9.